The third-order valence-corrected chi connectivity index (χ3v) is 14.6. The molecule has 15 nitrogen and oxygen atoms in total. The van der Waals surface area contributed by atoms with Gasteiger partial charge in [-0.15, -0.1) is 0 Å². The Hall–Kier alpha value is -2.68. The Labute approximate surface area is 317 Å². The number of hydrogen-bond acceptors (Lipinski definition) is 11. The Balaban J connectivity index is 1.29. The second-order valence-corrected chi connectivity index (χ2v) is 19.4. The molecule has 0 saturated heterocycles. The van der Waals surface area contributed by atoms with Crippen LogP contribution in [0.25, 0.3) is 11.3 Å². The maximum absolute atomic E-state index is 12.2. The molecular weight excluding hydrogens is 765 g/mol. The van der Waals surface area contributed by atoms with Gasteiger partial charge in [-0.05, 0) is 123 Å². The van der Waals surface area contributed by atoms with Crippen molar-refractivity contribution in [2.75, 3.05) is 0 Å². The Bertz CT molecular complexity index is 2120. The number of benzene rings is 1. The average Bonchev–Trinajstić information content (AvgIpc) is 3.65. The molecule has 0 spiro atoms. The molecule has 1 aromatic carbocycles. The minimum Gasteiger partial charge on any atom is -0.508 e. The first-order valence-electron chi connectivity index (χ1n) is 18.1. The van der Waals surface area contributed by atoms with Crippen LogP contribution in [0, 0.1) is 34.5 Å². The van der Waals surface area contributed by atoms with Crippen molar-refractivity contribution in [2.45, 2.75) is 110 Å². The molecule has 4 N–H and O–H groups in total. The maximum atomic E-state index is 12.2. The summed E-state index contributed by atoms with van der Waals surface area (Å²) in [5.41, 5.74) is 3.84. The van der Waals surface area contributed by atoms with E-state index in [1.165, 1.54) is 5.57 Å². The van der Waals surface area contributed by atoms with Crippen LogP contribution in [0.3, 0.4) is 0 Å². The predicted octanol–water partition coefficient (Wildman–Crippen LogP) is 6.30. The number of allylic oxidation sites excluding steroid dienone is 2. The fraction of sp³-hybridized carbons (Fsp3) is 0.639. The topological polar surface area (TPSA) is 229 Å². The maximum Gasteiger partial charge on any atom is 0.397 e. The third kappa shape index (κ3) is 8.37. The molecule has 3 fully saturated rings. The minimum absolute atomic E-state index is 0.0204. The summed E-state index contributed by atoms with van der Waals surface area (Å²) in [6.45, 7) is 12.7. The first-order chi connectivity index (χ1) is 25.0. The molecule has 0 bridgehead atoms. The van der Waals surface area contributed by atoms with Gasteiger partial charge in [-0.25, -0.2) is 17.5 Å². The Kier molecular flexibility index (Phi) is 11.1. The number of phenolic OH excluding ortho intramolecular Hbond substituents is 1. The third-order valence-electron chi connectivity index (χ3n) is 13.1. The van der Waals surface area contributed by atoms with E-state index < -0.39 is 60.8 Å². The predicted molar refractivity (Wildman–Crippen MR) is 197 cm³/mol. The Morgan fingerprint density at radius 3 is 2.17 bits per heavy atom. The zero-order valence-corrected chi connectivity index (χ0v) is 33.2. The van der Waals surface area contributed by atoms with Crippen LogP contribution in [-0.4, -0.2) is 71.9 Å². The highest BCUT2D eigenvalue weighted by atomic mass is 32.3. The summed E-state index contributed by atoms with van der Waals surface area (Å²) in [7, 11) is -15.2. The van der Waals surface area contributed by atoms with E-state index in [-0.39, 0.29) is 54.2 Å². The van der Waals surface area contributed by atoms with Crippen molar-refractivity contribution in [3.05, 3.63) is 60.1 Å². The normalized spacial score (nSPS) is 32.7. The van der Waals surface area contributed by atoms with Gasteiger partial charge < -0.3 is 9.67 Å². The van der Waals surface area contributed by atoms with E-state index in [4.69, 9.17) is 12.5 Å². The van der Waals surface area contributed by atoms with Crippen molar-refractivity contribution >= 4 is 31.2 Å². The Morgan fingerprint density at radius 2 is 1.56 bits per heavy atom. The summed E-state index contributed by atoms with van der Waals surface area (Å²) in [5.74, 6) is -0.222. The number of imidazole rings is 1. The van der Waals surface area contributed by atoms with Gasteiger partial charge in [0.05, 0.1) is 30.4 Å². The quantitative estimate of drug-likeness (QED) is 0.129. The van der Waals surface area contributed by atoms with E-state index in [9.17, 15) is 44.0 Å². The highest BCUT2D eigenvalue weighted by Crippen LogP contribution is 2.66. The first-order valence-corrected chi connectivity index (χ1v) is 22.2. The molecule has 3 saturated carbocycles. The van der Waals surface area contributed by atoms with Gasteiger partial charge in [-0.3, -0.25) is 13.7 Å². The second-order valence-electron chi connectivity index (χ2n) is 16.3. The van der Waals surface area contributed by atoms with Gasteiger partial charge in [-0.1, -0.05) is 44.1 Å². The van der Waals surface area contributed by atoms with Gasteiger partial charge in [0, 0.05) is 5.56 Å². The standard InChI is InChI=1S/C36H50N2O13S3/c1-21(2)30(38-20-37-19-31(38)23-7-9-24(39)10-8-23)13-6-22(3)26-11-12-27-25-16-32(49-52(40,41)42)29-17-33(50-53(43,44)45)34(51-54(46,47)48)18-36(29,5)28(25)14-15-35(26,27)4/h7-10,19-20,22,26,28-30,32-34,39H,1,6,11-18H2,2-5H3,(H,40,41,42)(H,43,44,45)(H,46,47,48)/t22-,26-,28+,29-,30-,32+,33-,34+,35-,36-/m1/s1. The van der Waals surface area contributed by atoms with E-state index in [0.29, 0.717) is 6.42 Å². The number of rotatable bonds is 13. The molecule has 18 heteroatoms. The summed E-state index contributed by atoms with van der Waals surface area (Å²) in [6.07, 6.45) is 3.78. The van der Waals surface area contributed by atoms with E-state index in [0.717, 1.165) is 54.5 Å². The zero-order valence-electron chi connectivity index (χ0n) is 30.7. The van der Waals surface area contributed by atoms with Crippen LogP contribution in [0.4, 0.5) is 0 Å². The van der Waals surface area contributed by atoms with E-state index in [2.05, 4.69) is 30.0 Å². The van der Waals surface area contributed by atoms with Crippen molar-refractivity contribution in [2.24, 2.45) is 34.5 Å². The molecule has 54 heavy (non-hydrogen) atoms. The van der Waals surface area contributed by atoms with Gasteiger partial charge >= 0.3 is 31.2 Å². The molecule has 2 aromatic rings. The van der Waals surface area contributed by atoms with Crippen LogP contribution in [0.1, 0.15) is 91.5 Å². The molecule has 0 radical (unpaired) electrons. The zero-order chi connectivity index (χ0) is 39.6. The van der Waals surface area contributed by atoms with Crippen molar-refractivity contribution < 1.29 is 56.6 Å². The average molecular weight is 815 g/mol. The number of fused-ring (bicyclic) bond motifs is 4. The molecular formula is C36H50N2O13S3. The van der Waals surface area contributed by atoms with Gasteiger partial charge in [0.15, 0.2) is 0 Å². The second kappa shape index (κ2) is 14.7. The van der Waals surface area contributed by atoms with Gasteiger partial charge in [0.25, 0.3) is 0 Å². The van der Waals surface area contributed by atoms with E-state index in [1.807, 2.05) is 32.3 Å². The lowest BCUT2D eigenvalue weighted by Crippen LogP contribution is -2.58. The van der Waals surface area contributed by atoms with E-state index >= 15 is 0 Å². The number of aromatic nitrogens is 2. The van der Waals surface area contributed by atoms with E-state index in [1.54, 1.807) is 18.3 Å². The molecule has 10 atom stereocenters. The number of phenols is 1. The van der Waals surface area contributed by atoms with Crippen molar-refractivity contribution in [1.29, 1.82) is 0 Å². The highest BCUT2D eigenvalue weighted by molar-refractivity contribution is 7.81. The van der Waals surface area contributed by atoms with Crippen LogP contribution in [-0.2, 0) is 43.7 Å². The molecule has 300 valence electrons. The van der Waals surface area contributed by atoms with Gasteiger partial charge in [-0.2, -0.15) is 25.3 Å². The summed E-state index contributed by atoms with van der Waals surface area (Å²) in [4.78, 5) is 4.43. The molecule has 1 aromatic heterocycles. The van der Waals surface area contributed by atoms with Crippen molar-refractivity contribution in [3.8, 4) is 17.0 Å². The highest BCUT2D eigenvalue weighted by Gasteiger charge is 2.61. The lowest BCUT2D eigenvalue weighted by atomic mass is 9.47. The molecule has 0 aliphatic heterocycles. The number of aromatic hydroxyl groups is 1. The summed E-state index contributed by atoms with van der Waals surface area (Å²) in [6, 6.07) is 6.97. The first kappa shape index (κ1) is 41.0. The molecule has 1 heterocycles. The van der Waals surface area contributed by atoms with Crippen LogP contribution in [0.15, 0.2) is 60.1 Å². The van der Waals surface area contributed by atoms with Gasteiger partial charge in [0.2, 0.25) is 0 Å². The summed E-state index contributed by atoms with van der Waals surface area (Å²) in [5, 5.41) is 9.81. The monoisotopic (exact) mass is 814 g/mol. The van der Waals surface area contributed by atoms with Crippen molar-refractivity contribution in [3.63, 3.8) is 0 Å². The van der Waals surface area contributed by atoms with Crippen molar-refractivity contribution in [1.82, 2.24) is 9.55 Å². The lowest BCUT2D eigenvalue weighted by Gasteiger charge is -2.59. The van der Waals surface area contributed by atoms with Crippen LogP contribution < -0.4 is 0 Å². The van der Waals surface area contributed by atoms with Crippen LogP contribution in [0.2, 0.25) is 0 Å². The molecule has 0 amide bonds. The Morgan fingerprint density at radius 1 is 0.944 bits per heavy atom. The van der Waals surface area contributed by atoms with Crippen LogP contribution in [0.5, 0.6) is 5.75 Å². The largest absolute Gasteiger partial charge is 0.508 e. The molecule has 0 unspecified atom stereocenters. The summed E-state index contributed by atoms with van der Waals surface area (Å²) < 4.78 is 118. The van der Waals surface area contributed by atoms with Gasteiger partial charge in [0.1, 0.15) is 18.0 Å². The smallest absolute Gasteiger partial charge is 0.397 e. The fourth-order valence-corrected chi connectivity index (χ4v) is 12.4. The minimum atomic E-state index is -5.12. The number of nitrogens with zero attached hydrogens (tertiary/aromatic N) is 2. The molecule has 4 aliphatic rings. The van der Waals surface area contributed by atoms with Crippen LogP contribution >= 0.6 is 0 Å². The number of hydrogen-bond donors (Lipinski definition) is 4. The fourth-order valence-electron chi connectivity index (χ4n) is 10.9. The lowest BCUT2D eigenvalue weighted by molar-refractivity contribution is -0.124. The molecule has 4 aliphatic carbocycles. The molecule has 6 rings (SSSR count). The summed E-state index contributed by atoms with van der Waals surface area (Å²) >= 11 is 0. The SMILES string of the molecule is C=C(C)[C@@H](CC[C@@H](C)[C@H]1CCC2=C3C[C@H](OS(=O)(=O)O)[C@H]4C[C@@H](OS(=O)(=O)O)[C@@H](OS(=O)(=O)O)C[C@]4(C)[C@H]3CC[C@@]21C)n1cncc1-c1ccc(O)cc1.